The van der Waals surface area contributed by atoms with E-state index in [1.165, 1.54) is 31.0 Å². The number of halogens is 1. The molecule has 1 atom stereocenters. The Morgan fingerprint density at radius 1 is 1.42 bits per heavy atom. The van der Waals surface area contributed by atoms with Gasteiger partial charge in [-0.2, -0.15) is 0 Å². The molecule has 0 aliphatic heterocycles. The van der Waals surface area contributed by atoms with Crippen LogP contribution < -0.4 is 5.32 Å². The first-order valence-electron chi connectivity index (χ1n) is 5.43. The lowest BCUT2D eigenvalue weighted by Crippen LogP contribution is -2.44. The van der Waals surface area contributed by atoms with Gasteiger partial charge in [0, 0.05) is 4.90 Å². The molecule has 0 aliphatic carbocycles. The normalized spacial score (nSPS) is 11.7. The van der Waals surface area contributed by atoms with E-state index in [2.05, 4.69) is 10.1 Å². The van der Waals surface area contributed by atoms with Gasteiger partial charge in [-0.3, -0.25) is 4.79 Å². The monoisotopic (exact) mass is 287 g/mol. The molecule has 0 heterocycles. The maximum atomic E-state index is 12.7. The zero-order valence-electron chi connectivity index (χ0n) is 10.3. The Morgan fingerprint density at radius 2 is 2.05 bits per heavy atom. The average molecular weight is 287 g/mol. The number of aliphatic hydroxyl groups is 1. The van der Waals surface area contributed by atoms with Gasteiger partial charge in [0.1, 0.15) is 5.82 Å². The van der Waals surface area contributed by atoms with Crippen LogP contribution in [0.3, 0.4) is 0 Å². The Bertz CT molecular complexity index is 438. The summed E-state index contributed by atoms with van der Waals surface area (Å²) in [7, 11) is 1.17. The van der Waals surface area contributed by atoms with Crippen molar-refractivity contribution in [2.45, 2.75) is 10.9 Å². The van der Waals surface area contributed by atoms with Crippen LogP contribution in [-0.2, 0) is 14.3 Å². The molecular weight excluding hydrogens is 273 g/mol. The van der Waals surface area contributed by atoms with Gasteiger partial charge in [-0.15, -0.1) is 11.8 Å². The van der Waals surface area contributed by atoms with Crippen molar-refractivity contribution >= 4 is 23.6 Å². The molecule has 0 spiro atoms. The molecule has 7 heteroatoms. The van der Waals surface area contributed by atoms with Crippen molar-refractivity contribution < 1.29 is 23.8 Å². The Balaban J connectivity index is 2.42. The van der Waals surface area contributed by atoms with Gasteiger partial charge in [0.25, 0.3) is 0 Å². The van der Waals surface area contributed by atoms with Gasteiger partial charge in [0.05, 0.1) is 19.5 Å². The maximum Gasteiger partial charge on any atom is 0.330 e. The fourth-order valence-electron chi connectivity index (χ4n) is 1.24. The minimum atomic E-state index is -1.06. The van der Waals surface area contributed by atoms with E-state index < -0.39 is 24.5 Å². The second-order valence-electron chi connectivity index (χ2n) is 3.57. The Kier molecular flexibility index (Phi) is 6.31. The number of esters is 1. The van der Waals surface area contributed by atoms with Crippen LogP contribution in [0.5, 0.6) is 0 Å². The van der Waals surface area contributed by atoms with Crippen molar-refractivity contribution in [3.63, 3.8) is 0 Å². The summed E-state index contributed by atoms with van der Waals surface area (Å²) >= 11 is 1.20. The summed E-state index contributed by atoms with van der Waals surface area (Å²) in [5.74, 6) is -1.42. The number of carbonyl (C=O) groups is 2. The van der Waals surface area contributed by atoms with Gasteiger partial charge in [0.15, 0.2) is 6.04 Å². The average Bonchev–Trinajstić information content (AvgIpc) is 2.43. The number of rotatable bonds is 6. The van der Waals surface area contributed by atoms with E-state index in [0.717, 1.165) is 4.90 Å². The van der Waals surface area contributed by atoms with Gasteiger partial charge in [-0.1, -0.05) is 0 Å². The highest BCUT2D eigenvalue weighted by atomic mass is 32.2. The van der Waals surface area contributed by atoms with E-state index in [0.29, 0.717) is 0 Å². The summed E-state index contributed by atoms with van der Waals surface area (Å²) in [5, 5.41) is 11.3. The van der Waals surface area contributed by atoms with Gasteiger partial charge < -0.3 is 15.2 Å². The van der Waals surface area contributed by atoms with E-state index >= 15 is 0 Å². The van der Waals surface area contributed by atoms with E-state index in [9.17, 15) is 14.0 Å². The quantitative estimate of drug-likeness (QED) is 0.591. The zero-order valence-corrected chi connectivity index (χ0v) is 11.1. The summed E-state index contributed by atoms with van der Waals surface area (Å²) in [5.41, 5.74) is 0. The van der Waals surface area contributed by atoms with E-state index in [1.807, 2.05) is 0 Å². The van der Waals surface area contributed by atoms with Crippen molar-refractivity contribution in [2.75, 3.05) is 19.5 Å². The van der Waals surface area contributed by atoms with Gasteiger partial charge in [0.2, 0.25) is 5.91 Å². The molecule has 2 N–H and O–H groups in total. The highest BCUT2D eigenvalue weighted by molar-refractivity contribution is 8.00. The molecule has 1 aromatic carbocycles. The van der Waals surface area contributed by atoms with Crippen LogP contribution in [0, 0.1) is 5.82 Å². The number of benzene rings is 1. The molecule has 1 amide bonds. The van der Waals surface area contributed by atoms with Crippen LogP contribution in [-0.4, -0.2) is 42.5 Å². The number of nitrogens with one attached hydrogen (secondary N) is 1. The number of aliphatic hydroxyl groups excluding tert-OH is 1. The molecule has 19 heavy (non-hydrogen) atoms. The fourth-order valence-corrected chi connectivity index (χ4v) is 1.95. The lowest BCUT2D eigenvalue weighted by molar-refractivity contribution is -0.145. The molecule has 1 aromatic rings. The molecule has 5 nitrogen and oxygen atoms in total. The number of hydrogen-bond donors (Lipinski definition) is 2. The topological polar surface area (TPSA) is 75.6 Å². The summed E-state index contributed by atoms with van der Waals surface area (Å²) < 4.78 is 17.1. The summed E-state index contributed by atoms with van der Waals surface area (Å²) in [6.45, 7) is -0.528. The fraction of sp³-hybridized carbons (Fsp3) is 0.333. The third kappa shape index (κ3) is 5.27. The molecule has 0 aliphatic rings. The Hall–Kier alpha value is -1.60. The van der Waals surface area contributed by atoms with E-state index in [1.54, 1.807) is 12.1 Å². The number of hydrogen-bond acceptors (Lipinski definition) is 5. The molecule has 0 unspecified atom stereocenters. The predicted molar refractivity (Wildman–Crippen MR) is 68.2 cm³/mol. The Labute approximate surface area is 114 Å². The van der Waals surface area contributed by atoms with Crippen LogP contribution in [0.2, 0.25) is 0 Å². The third-order valence-corrected chi connectivity index (χ3v) is 3.20. The van der Waals surface area contributed by atoms with Crippen LogP contribution in [0.15, 0.2) is 29.2 Å². The molecular formula is C12H14FNO4S. The lowest BCUT2D eigenvalue weighted by Gasteiger charge is -2.13. The number of methoxy groups -OCH3 is 1. The molecule has 104 valence electrons. The van der Waals surface area contributed by atoms with Crippen LogP contribution in [0.1, 0.15) is 0 Å². The van der Waals surface area contributed by atoms with Crippen molar-refractivity contribution in [3.8, 4) is 0 Å². The van der Waals surface area contributed by atoms with Gasteiger partial charge in [-0.05, 0) is 24.3 Å². The van der Waals surface area contributed by atoms with Crippen LogP contribution in [0.4, 0.5) is 4.39 Å². The molecule has 0 fully saturated rings. The highest BCUT2D eigenvalue weighted by Gasteiger charge is 2.20. The third-order valence-electron chi connectivity index (χ3n) is 2.19. The number of thioether (sulfide) groups is 1. The first-order valence-corrected chi connectivity index (χ1v) is 6.41. The number of carbonyl (C=O) groups excluding carboxylic acids is 2. The molecule has 0 radical (unpaired) electrons. The SMILES string of the molecule is COC(=O)[C@H](CO)NC(=O)CSc1ccc(F)cc1. The van der Waals surface area contributed by atoms with Crippen molar-refractivity contribution in [1.29, 1.82) is 0 Å². The van der Waals surface area contributed by atoms with Crippen molar-refractivity contribution in [2.24, 2.45) is 0 Å². The lowest BCUT2D eigenvalue weighted by atomic mass is 10.3. The predicted octanol–water partition coefficient (Wildman–Crippen LogP) is 0.568. The van der Waals surface area contributed by atoms with Gasteiger partial charge >= 0.3 is 5.97 Å². The molecule has 0 bridgehead atoms. The summed E-state index contributed by atoms with van der Waals surface area (Å²) in [6, 6.07) is 4.64. The first-order chi connectivity index (χ1) is 9.06. The minimum absolute atomic E-state index is 0.0547. The summed E-state index contributed by atoms with van der Waals surface area (Å²) in [6.07, 6.45) is 0. The second kappa shape index (κ2) is 7.75. The number of ether oxygens (including phenoxy) is 1. The smallest absolute Gasteiger partial charge is 0.330 e. The largest absolute Gasteiger partial charge is 0.467 e. The molecule has 0 saturated carbocycles. The molecule has 0 aromatic heterocycles. The van der Waals surface area contributed by atoms with E-state index in [4.69, 9.17) is 5.11 Å². The zero-order chi connectivity index (χ0) is 14.3. The van der Waals surface area contributed by atoms with Crippen LogP contribution in [0.25, 0.3) is 0 Å². The maximum absolute atomic E-state index is 12.7. The molecule has 1 rings (SSSR count). The van der Waals surface area contributed by atoms with Crippen molar-refractivity contribution in [1.82, 2.24) is 5.32 Å². The van der Waals surface area contributed by atoms with Crippen LogP contribution >= 0.6 is 11.8 Å². The minimum Gasteiger partial charge on any atom is -0.467 e. The number of amides is 1. The van der Waals surface area contributed by atoms with Gasteiger partial charge in [-0.25, -0.2) is 9.18 Å². The Morgan fingerprint density at radius 3 is 2.58 bits per heavy atom. The van der Waals surface area contributed by atoms with Crippen molar-refractivity contribution in [3.05, 3.63) is 30.1 Å². The first kappa shape index (κ1) is 15.5. The highest BCUT2D eigenvalue weighted by Crippen LogP contribution is 2.17. The standard InChI is InChI=1S/C12H14FNO4S/c1-18-12(17)10(6-15)14-11(16)7-19-9-4-2-8(13)3-5-9/h2-5,10,15H,6-7H2,1H3,(H,14,16)/t10-/m0/s1. The summed E-state index contributed by atoms with van der Waals surface area (Å²) in [4.78, 5) is 23.4. The molecule has 0 saturated heterocycles. The second-order valence-corrected chi connectivity index (χ2v) is 4.62. The van der Waals surface area contributed by atoms with E-state index in [-0.39, 0.29) is 11.6 Å².